The van der Waals surface area contributed by atoms with E-state index in [0.717, 1.165) is 16.0 Å². The Labute approximate surface area is 199 Å². The summed E-state index contributed by atoms with van der Waals surface area (Å²) in [6.45, 7) is -1.34. The van der Waals surface area contributed by atoms with Crippen LogP contribution in [0.2, 0.25) is 0 Å². The highest BCUT2D eigenvalue weighted by atomic mass is 19.3. The molecule has 1 atom stereocenters. The molecule has 3 aromatic rings. The Bertz CT molecular complexity index is 1350. The number of amides is 2. The lowest BCUT2D eigenvalue weighted by Gasteiger charge is -2.19. The molecule has 0 spiro atoms. The molecule has 2 amide bonds. The number of alkyl halides is 2. The number of pyridine rings is 2. The van der Waals surface area contributed by atoms with Crippen molar-refractivity contribution in [1.29, 1.82) is 5.26 Å². The number of nitrogens with zero attached hydrogens (tertiary/aromatic N) is 4. The number of hydrogen-bond acceptors (Lipinski definition) is 6. The molecule has 8 nitrogen and oxygen atoms in total. The Morgan fingerprint density at radius 1 is 1.20 bits per heavy atom. The van der Waals surface area contributed by atoms with Crippen LogP contribution in [0.5, 0.6) is 5.88 Å². The molecule has 2 aromatic heterocycles. The van der Waals surface area contributed by atoms with Crippen molar-refractivity contribution in [2.75, 3.05) is 20.2 Å². The van der Waals surface area contributed by atoms with Crippen LogP contribution in [-0.2, 0) is 4.79 Å². The van der Waals surface area contributed by atoms with Gasteiger partial charge in [-0.05, 0) is 35.4 Å². The van der Waals surface area contributed by atoms with E-state index >= 15 is 0 Å². The van der Waals surface area contributed by atoms with Crippen molar-refractivity contribution in [3.8, 4) is 11.9 Å². The Hall–Kier alpha value is -4.39. The van der Waals surface area contributed by atoms with Gasteiger partial charge in [0.15, 0.2) is 0 Å². The zero-order valence-electron chi connectivity index (χ0n) is 18.7. The van der Waals surface area contributed by atoms with Crippen molar-refractivity contribution in [3.05, 3.63) is 65.5 Å². The minimum absolute atomic E-state index is 0.284. The van der Waals surface area contributed by atoms with Crippen LogP contribution in [0.15, 0.2) is 48.8 Å². The second-order valence-electron chi connectivity index (χ2n) is 8.01. The van der Waals surface area contributed by atoms with Crippen molar-refractivity contribution in [3.63, 3.8) is 0 Å². The number of carbonyl (C=O) groups excluding carboxylic acids is 2. The summed E-state index contributed by atoms with van der Waals surface area (Å²) in [5, 5.41) is 12.1. The van der Waals surface area contributed by atoms with Crippen molar-refractivity contribution < 1.29 is 23.1 Å². The number of benzene rings is 1. The molecule has 0 radical (unpaired) electrons. The monoisotopic (exact) mass is 477 g/mol. The number of methoxy groups -OCH3 is 1. The van der Waals surface area contributed by atoms with Crippen LogP contribution in [0.1, 0.15) is 27.9 Å². The predicted molar refractivity (Wildman–Crippen MR) is 124 cm³/mol. The molecule has 1 saturated heterocycles. The summed E-state index contributed by atoms with van der Waals surface area (Å²) in [6, 6.07) is 11.0. The third-order valence-electron chi connectivity index (χ3n) is 5.59. The Balaban J connectivity index is 1.50. The standard InChI is InChI=1S/C25H21F2N5O3/c1-35-22-11-17(6-8-30-22)3-2-16-4-5-21-20(10-16)19(7-9-29-21)24(34)31-14-23(33)32-15-25(26,27)12-18(32)13-28/h2-11,18H,12,14-15H2,1H3,(H,31,34)/b3-2+/t18-/m0/s1. The van der Waals surface area contributed by atoms with Crippen LogP contribution in [0.25, 0.3) is 23.1 Å². The van der Waals surface area contributed by atoms with Gasteiger partial charge < -0.3 is 15.0 Å². The number of nitriles is 1. The quantitative estimate of drug-likeness (QED) is 0.584. The van der Waals surface area contributed by atoms with Crippen LogP contribution >= 0.6 is 0 Å². The number of likely N-dealkylation sites (tertiary alicyclic amines) is 1. The minimum atomic E-state index is -3.12. The number of carbonyl (C=O) groups is 2. The first-order chi connectivity index (χ1) is 16.8. The molecule has 1 N–H and O–H groups in total. The van der Waals surface area contributed by atoms with Gasteiger partial charge in [-0.2, -0.15) is 5.26 Å². The van der Waals surface area contributed by atoms with Crippen LogP contribution in [0, 0.1) is 11.3 Å². The normalized spacial score (nSPS) is 16.9. The molecule has 178 valence electrons. The average Bonchev–Trinajstić information content (AvgIpc) is 3.20. The minimum Gasteiger partial charge on any atom is -0.481 e. The van der Waals surface area contributed by atoms with Gasteiger partial charge in [-0.15, -0.1) is 0 Å². The first kappa shape index (κ1) is 23.8. The Kier molecular flexibility index (Phi) is 6.68. The van der Waals surface area contributed by atoms with Gasteiger partial charge in [-0.25, -0.2) is 13.8 Å². The van der Waals surface area contributed by atoms with Crippen molar-refractivity contribution in [2.24, 2.45) is 0 Å². The summed E-state index contributed by atoms with van der Waals surface area (Å²) in [4.78, 5) is 34.4. The first-order valence-corrected chi connectivity index (χ1v) is 10.7. The smallest absolute Gasteiger partial charge is 0.268 e. The Morgan fingerprint density at radius 2 is 1.94 bits per heavy atom. The van der Waals surface area contributed by atoms with Crippen LogP contribution < -0.4 is 10.1 Å². The fourth-order valence-corrected chi connectivity index (χ4v) is 3.85. The van der Waals surface area contributed by atoms with Crippen molar-refractivity contribution in [1.82, 2.24) is 20.2 Å². The number of nitrogens with one attached hydrogen (secondary N) is 1. The van der Waals surface area contributed by atoms with E-state index in [1.807, 2.05) is 24.3 Å². The number of halogens is 2. The largest absolute Gasteiger partial charge is 0.481 e. The molecule has 0 unspecified atom stereocenters. The Morgan fingerprint density at radius 3 is 2.69 bits per heavy atom. The molecule has 1 aliphatic rings. The first-order valence-electron chi connectivity index (χ1n) is 10.7. The SMILES string of the molecule is COc1cc(/C=C/c2ccc3nccc(C(=O)NCC(=O)N4CC(F)(F)C[C@H]4C#N)c3c2)ccn1. The van der Waals surface area contributed by atoms with Crippen molar-refractivity contribution >= 4 is 34.9 Å². The molecule has 4 rings (SSSR count). The van der Waals surface area contributed by atoms with E-state index in [1.165, 1.54) is 19.4 Å². The van der Waals surface area contributed by atoms with Crippen LogP contribution in [0.4, 0.5) is 8.78 Å². The second-order valence-corrected chi connectivity index (χ2v) is 8.01. The lowest BCUT2D eigenvalue weighted by atomic mass is 10.0. The lowest BCUT2D eigenvalue weighted by Crippen LogP contribution is -2.43. The van der Waals surface area contributed by atoms with E-state index in [1.54, 1.807) is 30.5 Å². The average molecular weight is 477 g/mol. The fourth-order valence-electron chi connectivity index (χ4n) is 3.85. The zero-order valence-corrected chi connectivity index (χ0v) is 18.7. The lowest BCUT2D eigenvalue weighted by molar-refractivity contribution is -0.131. The molecule has 1 aliphatic heterocycles. The van der Waals surface area contributed by atoms with Crippen LogP contribution in [0.3, 0.4) is 0 Å². The molecule has 35 heavy (non-hydrogen) atoms. The number of ether oxygens (including phenoxy) is 1. The molecule has 10 heteroatoms. The molecular formula is C25H21F2N5O3. The number of rotatable bonds is 6. The van der Waals surface area contributed by atoms with E-state index in [9.17, 15) is 18.4 Å². The summed E-state index contributed by atoms with van der Waals surface area (Å²) >= 11 is 0. The van der Waals surface area contributed by atoms with E-state index in [2.05, 4.69) is 15.3 Å². The molecule has 1 aromatic carbocycles. The van der Waals surface area contributed by atoms with E-state index < -0.39 is 43.3 Å². The zero-order chi connectivity index (χ0) is 25.0. The van der Waals surface area contributed by atoms with Gasteiger partial charge >= 0.3 is 0 Å². The summed E-state index contributed by atoms with van der Waals surface area (Å²) in [7, 11) is 1.54. The fraction of sp³-hybridized carbons (Fsp3) is 0.240. The molecule has 0 bridgehead atoms. The van der Waals surface area contributed by atoms with Gasteiger partial charge in [0.1, 0.15) is 6.04 Å². The molecule has 0 aliphatic carbocycles. The van der Waals surface area contributed by atoms with Crippen LogP contribution in [-0.4, -0.2) is 58.8 Å². The molecule has 0 saturated carbocycles. The molecule has 3 heterocycles. The predicted octanol–water partition coefficient (Wildman–Crippen LogP) is 3.30. The summed E-state index contributed by atoms with van der Waals surface area (Å²) in [5.74, 6) is -3.92. The molecule has 1 fully saturated rings. The van der Waals surface area contributed by atoms with Gasteiger partial charge in [0.05, 0.1) is 37.3 Å². The maximum absolute atomic E-state index is 13.6. The van der Waals surface area contributed by atoms with E-state index in [4.69, 9.17) is 10.00 Å². The van der Waals surface area contributed by atoms with E-state index in [0.29, 0.717) is 16.8 Å². The highest BCUT2D eigenvalue weighted by molar-refractivity contribution is 6.07. The van der Waals surface area contributed by atoms with Gasteiger partial charge in [0, 0.05) is 30.3 Å². The highest BCUT2D eigenvalue weighted by Gasteiger charge is 2.47. The van der Waals surface area contributed by atoms with Crippen molar-refractivity contribution in [2.45, 2.75) is 18.4 Å². The van der Waals surface area contributed by atoms with E-state index in [-0.39, 0.29) is 5.56 Å². The third-order valence-corrected chi connectivity index (χ3v) is 5.59. The third kappa shape index (κ3) is 5.41. The number of fused-ring (bicyclic) bond motifs is 1. The number of aromatic nitrogens is 2. The summed E-state index contributed by atoms with van der Waals surface area (Å²) in [5.41, 5.74) is 2.55. The van der Waals surface area contributed by atoms with Gasteiger partial charge in [0.2, 0.25) is 11.8 Å². The number of hydrogen-bond donors (Lipinski definition) is 1. The summed E-state index contributed by atoms with van der Waals surface area (Å²) in [6.07, 6.45) is 6.14. The van der Waals surface area contributed by atoms with Gasteiger partial charge in [-0.1, -0.05) is 18.2 Å². The topological polar surface area (TPSA) is 108 Å². The molecular weight excluding hydrogens is 456 g/mol. The maximum Gasteiger partial charge on any atom is 0.268 e. The maximum atomic E-state index is 13.6. The second kappa shape index (κ2) is 9.85. The van der Waals surface area contributed by atoms with Gasteiger partial charge in [-0.3, -0.25) is 14.6 Å². The van der Waals surface area contributed by atoms with Gasteiger partial charge in [0.25, 0.3) is 11.8 Å². The summed E-state index contributed by atoms with van der Waals surface area (Å²) < 4.78 is 32.4. The highest BCUT2D eigenvalue weighted by Crippen LogP contribution is 2.31.